The summed E-state index contributed by atoms with van der Waals surface area (Å²) in [5.41, 5.74) is 14.8. The highest BCUT2D eigenvalue weighted by Crippen LogP contribution is 2.31. The fourth-order valence-electron chi connectivity index (χ4n) is 3.44. The zero-order valence-corrected chi connectivity index (χ0v) is 13.8. The van der Waals surface area contributed by atoms with Gasteiger partial charge in [0, 0.05) is 30.0 Å². The van der Waals surface area contributed by atoms with Crippen LogP contribution in [0, 0.1) is 5.92 Å². The van der Waals surface area contributed by atoms with Crippen LogP contribution in [0.3, 0.4) is 0 Å². The molecule has 0 radical (unpaired) electrons. The second-order valence-corrected chi connectivity index (χ2v) is 6.46. The van der Waals surface area contributed by atoms with Crippen molar-refractivity contribution < 1.29 is 4.79 Å². The molecule has 7 nitrogen and oxygen atoms in total. The van der Waals surface area contributed by atoms with Crippen molar-refractivity contribution in [3.05, 3.63) is 36.7 Å². The SMILES string of the molecule is NC(=O)C1CCCN(c2ncnc3[nH]c(-c4cccc(N)c4)cc23)C1. The largest absolute Gasteiger partial charge is 0.399 e. The first kappa shape index (κ1) is 15.4. The van der Waals surface area contributed by atoms with E-state index in [4.69, 9.17) is 11.5 Å². The summed E-state index contributed by atoms with van der Waals surface area (Å²) in [6.45, 7) is 1.45. The summed E-state index contributed by atoms with van der Waals surface area (Å²) in [4.78, 5) is 25.8. The molecule has 1 unspecified atom stereocenters. The highest BCUT2D eigenvalue weighted by Gasteiger charge is 2.26. The molecular formula is C18H20N6O. The molecule has 1 atom stereocenters. The van der Waals surface area contributed by atoms with Crippen LogP contribution in [0.5, 0.6) is 0 Å². The zero-order chi connectivity index (χ0) is 17.4. The number of H-pyrrole nitrogens is 1. The number of rotatable bonds is 3. The van der Waals surface area contributed by atoms with Gasteiger partial charge in [0.2, 0.25) is 5.91 Å². The van der Waals surface area contributed by atoms with Crippen molar-refractivity contribution in [3.63, 3.8) is 0 Å². The lowest BCUT2D eigenvalue weighted by atomic mass is 9.97. The van der Waals surface area contributed by atoms with Crippen LogP contribution in [-0.4, -0.2) is 33.9 Å². The van der Waals surface area contributed by atoms with Gasteiger partial charge in [-0.15, -0.1) is 0 Å². The molecule has 2 aromatic heterocycles. The third-order valence-electron chi connectivity index (χ3n) is 4.73. The van der Waals surface area contributed by atoms with Crippen molar-refractivity contribution in [1.29, 1.82) is 0 Å². The smallest absolute Gasteiger partial charge is 0.222 e. The molecule has 1 aliphatic rings. The van der Waals surface area contributed by atoms with Crippen LogP contribution in [-0.2, 0) is 4.79 Å². The normalized spacial score (nSPS) is 17.8. The fraction of sp³-hybridized carbons (Fsp3) is 0.278. The second kappa shape index (κ2) is 6.08. The number of carbonyl (C=O) groups excluding carboxylic acids is 1. The van der Waals surface area contributed by atoms with E-state index in [0.29, 0.717) is 12.2 Å². The minimum absolute atomic E-state index is 0.133. The molecule has 7 heteroatoms. The maximum absolute atomic E-state index is 11.6. The van der Waals surface area contributed by atoms with Crippen molar-refractivity contribution in [1.82, 2.24) is 15.0 Å². The number of hydrogen-bond donors (Lipinski definition) is 3. The molecule has 1 saturated heterocycles. The van der Waals surface area contributed by atoms with E-state index in [1.807, 2.05) is 30.3 Å². The number of hydrogen-bond acceptors (Lipinski definition) is 5. The summed E-state index contributed by atoms with van der Waals surface area (Å²) >= 11 is 0. The van der Waals surface area contributed by atoms with Crippen molar-refractivity contribution in [3.8, 4) is 11.3 Å². The molecule has 1 aromatic carbocycles. The third kappa shape index (κ3) is 2.88. The number of primary amides is 1. The van der Waals surface area contributed by atoms with E-state index in [1.165, 1.54) is 0 Å². The van der Waals surface area contributed by atoms with Crippen molar-refractivity contribution in [2.24, 2.45) is 11.7 Å². The number of amides is 1. The number of nitrogens with one attached hydrogen (secondary N) is 1. The summed E-state index contributed by atoms with van der Waals surface area (Å²) in [6.07, 6.45) is 3.30. The van der Waals surface area contributed by atoms with Gasteiger partial charge in [-0.2, -0.15) is 0 Å². The molecule has 128 valence electrons. The van der Waals surface area contributed by atoms with Crippen LogP contribution in [0.1, 0.15) is 12.8 Å². The quantitative estimate of drug-likeness (QED) is 0.632. The number of fused-ring (bicyclic) bond motifs is 1. The van der Waals surface area contributed by atoms with Gasteiger partial charge in [0.1, 0.15) is 17.8 Å². The van der Waals surface area contributed by atoms with Gasteiger partial charge >= 0.3 is 0 Å². The lowest BCUT2D eigenvalue weighted by Crippen LogP contribution is -2.41. The molecular weight excluding hydrogens is 316 g/mol. The number of nitrogen functional groups attached to an aromatic ring is 1. The summed E-state index contributed by atoms with van der Waals surface area (Å²) in [5, 5.41) is 0.935. The lowest BCUT2D eigenvalue weighted by molar-refractivity contribution is -0.122. The molecule has 5 N–H and O–H groups in total. The third-order valence-corrected chi connectivity index (χ3v) is 4.73. The van der Waals surface area contributed by atoms with Crippen LogP contribution in [0.2, 0.25) is 0 Å². The Morgan fingerprint density at radius 1 is 1.28 bits per heavy atom. The first-order valence-electron chi connectivity index (χ1n) is 8.36. The molecule has 1 fully saturated rings. The topological polar surface area (TPSA) is 114 Å². The molecule has 0 aliphatic carbocycles. The van der Waals surface area contributed by atoms with Crippen molar-refractivity contribution in [2.75, 3.05) is 23.7 Å². The van der Waals surface area contributed by atoms with E-state index in [-0.39, 0.29) is 11.8 Å². The maximum atomic E-state index is 11.6. The monoisotopic (exact) mass is 336 g/mol. The Labute approximate surface area is 145 Å². The number of aromatic nitrogens is 3. The van der Waals surface area contributed by atoms with E-state index in [2.05, 4.69) is 19.9 Å². The predicted octanol–water partition coefficient (Wildman–Crippen LogP) is 1.91. The molecule has 3 heterocycles. The van der Waals surface area contributed by atoms with E-state index in [0.717, 1.165) is 47.5 Å². The number of piperidine rings is 1. The number of nitrogens with two attached hydrogens (primary N) is 2. The van der Waals surface area contributed by atoms with E-state index < -0.39 is 0 Å². The van der Waals surface area contributed by atoms with Crippen LogP contribution < -0.4 is 16.4 Å². The molecule has 1 amide bonds. The minimum atomic E-state index is -0.246. The Morgan fingerprint density at radius 2 is 2.16 bits per heavy atom. The van der Waals surface area contributed by atoms with Crippen LogP contribution in [0.15, 0.2) is 36.7 Å². The number of carbonyl (C=O) groups is 1. The molecule has 4 rings (SSSR count). The molecule has 25 heavy (non-hydrogen) atoms. The fourth-order valence-corrected chi connectivity index (χ4v) is 3.44. The summed E-state index contributed by atoms with van der Waals surface area (Å²) in [6, 6.07) is 9.73. The Bertz CT molecular complexity index is 934. The van der Waals surface area contributed by atoms with Crippen molar-refractivity contribution >= 4 is 28.4 Å². The molecule has 3 aromatic rings. The predicted molar refractivity (Wildman–Crippen MR) is 97.9 cm³/mol. The summed E-state index contributed by atoms with van der Waals surface area (Å²) in [5.74, 6) is 0.456. The molecule has 0 saturated carbocycles. The van der Waals surface area contributed by atoms with Gasteiger partial charge in [-0.25, -0.2) is 9.97 Å². The maximum Gasteiger partial charge on any atom is 0.222 e. The van der Waals surface area contributed by atoms with Crippen LogP contribution in [0.4, 0.5) is 11.5 Å². The highest BCUT2D eigenvalue weighted by molar-refractivity contribution is 5.92. The zero-order valence-electron chi connectivity index (χ0n) is 13.8. The van der Waals surface area contributed by atoms with Gasteiger partial charge in [-0.3, -0.25) is 4.79 Å². The van der Waals surface area contributed by atoms with Crippen LogP contribution in [0.25, 0.3) is 22.3 Å². The van der Waals surface area contributed by atoms with Crippen molar-refractivity contribution in [2.45, 2.75) is 12.8 Å². The molecule has 1 aliphatic heterocycles. The average Bonchev–Trinajstić information content (AvgIpc) is 3.06. The minimum Gasteiger partial charge on any atom is -0.399 e. The van der Waals surface area contributed by atoms with E-state index >= 15 is 0 Å². The van der Waals surface area contributed by atoms with Crippen LogP contribution >= 0.6 is 0 Å². The lowest BCUT2D eigenvalue weighted by Gasteiger charge is -2.32. The summed E-state index contributed by atoms with van der Waals surface area (Å²) < 4.78 is 0. The van der Waals surface area contributed by atoms with E-state index in [9.17, 15) is 4.79 Å². The number of aromatic amines is 1. The molecule has 0 bridgehead atoms. The number of benzene rings is 1. The van der Waals surface area contributed by atoms with E-state index in [1.54, 1.807) is 6.33 Å². The standard InChI is InChI=1S/C18H20N6O/c19-13-5-1-3-11(7-13)15-8-14-17(23-15)21-10-22-18(14)24-6-2-4-12(9-24)16(20)25/h1,3,5,7-8,10,12H,2,4,6,9,19H2,(H2,20,25)(H,21,22,23). The Balaban J connectivity index is 1.74. The summed E-state index contributed by atoms with van der Waals surface area (Å²) in [7, 11) is 0. The Kier molecular flexibility index (Phi) is 3.76. The first-order chi connectivity index (χ1) is 12.1. The second-order valence-electron chi connectivity index (χ2n) is 6.46. The molecule has 0 spiro atoms. The van der Waals surface area contributed by atoms with Gasteiger partial charge < -0.3 is 21.4 Å². The van der Waals surface area contributed by atoms with Gasteiger partial charge in [0.15, 0.2) is 0 Å². The Hall–Kier alpha value is -3.09. The highest BCUT2D eigenvalue weighted by atomic mass is 16.1. The first-order valence-corrected chi connectivity index (χ1v) is 8.36. The van der Waals surface area contributed by atoms with Gasteiger partial charge in [-0.1, -0.05) is 12.1 Å². The average molecular weight is 336 g/mol. The number of anilines is 2. The van der Waals surface area contributed by atoms with Gasteiger partial charge in [0.25, 0.3) is 0 Å². The Morgan fingerprint density at radius 3 is 2.96 bits per heavy atom. The number of nitrogens with zero attached hydrogens (tertiary/aromatic N) is 3. The van der Waals surface area contributed by atoms with Gasteiger partial charge in [0.05, 0.1) is 11.3 Å². The van der Waals surface area contributed by atoms with Gasteiger partial charge in [-0.05, 0) is 31.0 Å².